The highest BCUT2D eigenvalue weighted by Gasteiger charge is 2.57. The van der Waals surface area contributed by atoms with Crippen LogP contribution in [0.4, 0.5) is 17.6 Å². The van der Waals surface area contributed by atoms with E-state index >= 15 is 0 Å². The van der Waals surface area contributed by atoms with Crippen LogP contribution in [0.25, 0.3) is 0 Å². The zero-order chi connectivity index (χ0) is 13.4. The molecule has 2 nitrogen and oxygen atoms in total. The maximum absolute atomic E-state index is 13.1. The van der Waals surface area contributed by atoms with E-state index in [1.165, 1.54) is 0 Å². The van der Waals surface area contributed by atoms with Gasteiger partial charge in [-0.3, -0.25) is 0 Å². The molecule has 0 saturated carbocycles. The second-order valence-corrected chi connectivity index (χ2v) is 3.73. The highest BCUT2D eigenvalue weighted by Crippen LogP contribution is 2.44. The second-order valence-electron chi connectivity index (χ2n) is 3.73. The van der Waals surface area contributed by atoms with Crippen molar-refractivity contribution in [3.8, 4) is 0 Å². The van der Waals surface area contributed by atoms with Crippen LogP contribution in [0.5, 0.6) is 0 Å². The fourth-order valence-corrected chi connectivity index (χ4v) is 1.68. The second kappa shape index (κ2) is 4.13. The predicted octanol–water partition coefficient (Wildman–Crippen LogP) is 3.22. The Hall–Kier alpha value is -1.82. The third-order valence-corrected chi connectivity index (χ3v) is 2.59. The zero-order valence-electron chi connectivity index (χ0n) is 8.91. The molecule has 0 fully saturated rings. The maximum atomic E-state index is 13.1. The van der Waals surface area contributed by atoms with Crippen molar-refractivity contribution < 1.29 is 27.1 Å². The van der Waals surface area contributed by atoms with Crippen LogP contribution in [0.1, 0.15) is 11.1 Å². The predicted molar refractivity (Wildman–Crippen MR) is 54.2 cm³/mol. The average molecular weight is 260 g/mol. The Morgan fingerprint density at radius 3 is 2.28 bits per heavy atom. The van der Waals surface area contributed by atoms with Gasteiger partial charge in [-0.15, -0.1) is 0 Å². The third kappa shape index (κ3) is 1.88. The summed E-state index contributed by atoms with van der Waals surface area (Å²) in [6, 6.07) is 4.72. The summed E-state index contributed by atoms with van der Waals surface area (Å²) < 4.78 is 56.8. The van der Waals surface area contributed by atoms with E-state index in [1.807, 2.05) is 0 Å². The molecule has 1 atom stereocenters. The molecule has 6 heteroatoms. The number of benzene rings is 1. The first-order valence-electron chi connectivity index (χ1n) is 4.93. The monoisotopic (exact) mass is 260 g/mol. The van der Waals surface area contributed by atoms with Crippen molar-refractivity contribution in [1.29, 1.82) is 0 Å². The van der Waals surface area contributed by atoms with Crippen LogP contribution in [0.15, 0.2) is 47.3 Å². The van der Waals surface area contributed by atoms with Gasteiger partial charge in [-0.1, -0.05) is 12.1 Å². The molecule has 0 radical (unpaired) electrons. The normalized spacial score (nSPS) is 15.4. The number of hydrogen-bond acceptors (Lipinski definition) is 2. The Morgan fingerprint density at radius 1 is 1.06 bits per heavy atom. The van der Waals surface area contributed by atoms with Gasteiger partial charge in [0.15, 0.2) is 0 Å². The number of halogens is 4. The number of alkyl halides is 3. The van der Waals surface area contributed by atoms with Gasteiger partial charge < -0.3 is 9.52 Å². The Labute approximate surface area is 99.5 Å². The summed E-state index contributed by atoms with van der Waals surface area (Å²) in [5, 5.41) is 9.95. The van der Waals surface area contributed by atoms with E-state index in [9.17, 15) is 22.7 Å². The molecule has 1 heterocycles. The van der Waals surface area contributed by atoms with E-state index in [4.69, 9.17) is 0 Å². The molecule has 0 aliphatic carbocycles. The molecule has 96 valence electrons. The Kier molecular flexibility index (Phi) is 2.90. The molecule has 1 N–H and O–H groups in total. The average Bonchev–Trinajstić information content (AvgIpc) is 2.80. The fourth-order valence-electron chi connectivity index (χ4n) is 1.68. The summed E-state index contributed by atoms with van der Waals surface area (Å²) in [7, 11) is 0. The lowest BCUT2D eigenvalue weighted by molar-refractivity contribution is -0.248. The minimum atomic E-state index is -5.00. The lowest BCUT2D eigenvalue weighted by atomic mass is 9.87. The third-order valence-electron chi connectivity index (χ3n) is 2.59. The summed E-state index contributed by atoms with van der Waals surface area (Å²) in [5.41, 5.74) is -4.39. The van der Waals surface area contributed by atoms with Crippen molar-refractivity contribution in [2.75, 3.05) is 0 Å². The van der Waals surface area contributed by atoms with Crippen molar-refractivity contribution in [2.24, 2.45) is 0 Å². The summed E-state index contributed by atoms with van der Waals surface area (Å²) in [4.78, 5) is 0. The van der Waals surface area contributed by atoms with Gasteiger partial charge in [0.2, 0.25) is 5.60 Å². The standard InChI is InChI=1S/C12H8F4O2/c13-10-3-1-2-8(6-10)11(17,12(14,15)16)9-4-5-18-7-9/h1-7,17H. The van der Waals surface area contributed by atoms with Gasteiger partial charge in [-0.25, -0.2) is 4.39 Å². The topological polar surface area (TPSA) is 33.4 Å². The first-order chi connectivity index (χ1) is 8.35. The Morgan fingerprint density at radius 2 is 1.78 bits per heavy atom. The minimum absolute atomic E-state index is 0.499. The van der Waals surface area contributed by atoms with E-state index in [-0.39, 0.29) is 0 Å². The molecule has 0 amide bonds. The van der Waals surface area contributed by atoms with Gasteiger partial charge in [-0.05, 0) is 18.2 Å². The SMILES string of the molecule is OC(c1ccoc1)(c1cccc(F)c1)C(F)(F)F. The molecule has 18 heavy (non-hydrogen) atoms. The van der Waals surface area contributed by atoms with Gasteiger partial charge in [0.25, 0.3) is 0 Å². The molecule has 1 unspecified atom stereocenters. The van der Waals surface area contributed by atoms with Crippen LogP contribution in [0.2, 0.25) is 0 Å². The van der Waals surface area contributed by atoms with Gasteiger partial charge >= 0.3 is 6.18 Å². The van der Waals surface area contributed by atoms with Crippen LogP contribution in [0.3, 0.4) is 0 Å². The van der Waals surface area contributed by atoms with Crippen molar-refractivity contribution in [2.45, 2.75) is 11.8 Å². The number of furan rings is 1. The number of hydrogen-bond donors (Lipinski definition) is 1. The van der Waals surface area contributed by atoms with Crippen LogP contribution < -0.4 is 0 Å². The number of rotatable bonds is 2. The quantitative estimate of drug-likeness (QED) is 0.841. The summed E-state index contributed by atoms with van der Waals surface area (Å²) >= 11 is 0. The number of aliphatic hydroxyl groups is 1. The van der Waals surface area contributed by atoms with E-state index in [0.29, 0.717) is 6.07 Å². The van der Waals surface area contributed by atoms with E-state index < -0.39 is 28.7 Å². The molecule has 2 aromatic rings. The van der Waals surface area contributed by atoms with Gasteiger partial charge in [0, 0.05) is 11.1 Å². The first kappa shape index (κ1) is 12.6. The Balaban J connectivity index is 2.64. The van der Waals surface area contributed by atoms with Gasteiger partial charge in [0.1, 0.15) is 5.82 Å². The lowest BCUT2D eigenvalue weighted by Crippen LogP contribution is -2.43. The van der Waals surface area contributed by atoms with Crippen LogP contribution in [0, 0.1) is 5.82 Å². The molecule has 0 aliphatic rings. The smallest absolute Gasteiger partial charge is 0.425 e. The van der Waals surface area contributed by atoms with Crippen LogP contribution in [-0.2, 0) is 5.60 Å². The zero-order valence-corrected chi connectivity index (χ0v) is 8.91. The molecule has 0 spiro atoms. The van der Waals surface area contributed by atoms with Crippen molar-refractivity contribution in [3.63, 3.8) is 0 Å². The fraction of sp³-hybridized carbons (Fsp3) is 0.167. The summed E-state index contributed by atoms with van der Waals surface area (Å²) in [6.45, 7) is 0. The van der Waals surface area contributed by atoms with Gasteiger partial charge in [0.05, 0.1) is 12.5 Å². The van der Waals surface area contributed by atoms with Crippen molar-refractivity contribution >= 4 is 0 Å². The molecule has 2 rings (SSSR count). The van der Waals surface area contributed by atoms with E-state index in [2.05, 4.69) is 4.42 Å². The summed E-state index contributed by atoms with van der Waals surface area (Å²) in [5.74, 6) is -0.862. The first-order valence-corrected chi connectivity index (χ1v) is 4.93. The van der Waals surface area contributed by atoms with Crippen molar-refractivity contribution in [3.05, 3.63) is 59.8 Å². The minimum Gasteiger partial charge on any atom is -0.472 e. The van der Waals surface area contributed by atoms with Crippen LogP contribution in [-0.4, -0.2) is 11.3 Å². The lowest BCUT2D eigenvalue weighted by Gasteiger charge is -2.30. The van der Waals surface area contributed by atoms with E-state index in [0.717, 1.165) is 36.8 Å². The molecule has 0 bridgehead atoms. The van der Waals surface area contributed by atoms with E-state index in [1.54, 1.807) is 0 Å². The highest BCUT2D eigenvalue weighted by atomic mass is 19.4. The molecule has 1 aromatic heterocycles. The van der Waals surface area contributed by atoms with Gasteiger partial charge in [-0.2, -0.15) is 13.2 Å². The molecule has 0 saturated heterocycles. The molecule has 1 aromatic carbocycles. The maximum Gasteiger partial charge on any atom is 0.425 e. The summed E-state index contributed by atoms with van der Waals surface area (Å²) in [6.07, 6.45) is -3.21. The highest BCUT2D eigenvalue weighted by molar-refractivity contribution is 5.36. The largest absolute Gasteiger partial charge is 0.472 e. The van der Waals surface area contributed by atoms with Crippen LogP contribution >= 0.6 is 0 Å². The van der Waals surface area contributed by atoms with Crippen molar-refractivity contribution in [1.82, 2.24) is 0 Å². The Bertz CT molecular complexity index is 533. The molecule has 0 aliphatic heterocycles. The molecular weight excluding hydrogens is 252 g/mol. The molecular formula is C12H8F4O2.